The van der Waals surface area contributed by atoms with E-state index < -0.39 is 0 Å². The minimum atomic E-state index is 0.540. The van der Waals surface area contributed by atoms with E-state index in [2.05, 4.69) is 0 Å². The summed E-state index contributed by atoms with van der Waals surface area (Å²) in [6.07, 6.45) is 0.540. The second-order valence-electron chi connectivity index (χ2n) is 0.293. The molecule has 0 saturated carbocycles. The van der Waals surface area contributed by atoms with Gasteiger partial charge in [0, 0.05) is 0 Å². The molecule has 0 aliphatic rings. The molecular formula is C2H2FSn. The molecule has 0 N–H and O–H groups in total. The predicted molar refractivity (Wildman–Crippen MR) is 16.0 cm³/mol. The first-order valence-corrected chi connectivity index (χ1v) is 2.49. The van der Waals surface area contributed by atoms with Gasteiger partial charge in [0.1, 0.15) is 0 Å². The van der Waals surface area contributed by atoms with Crippen LogP contribution in [0.3, 0.4) is 0 Å². The third-order valence-corrected chi connectivity index (χ3v) is 0.423. The number of hydrogen-bond donors (Lipinski definition) is 0. The van der Waals surface area contributed by atoms with Crippen molar-refractivity contribution in [3.05, 3.63) is 10.4 Å². The Bertz CT molecular complexity index is 21.2. The quantitative estimate of drug-likeness (QED) is 0.459. The molecule has 4 heavy (non-hydrogen) atoms. The van der Waals surface area contributed by atoms with Crippen molar-refractivity contribution in [1.29, 1.82) is 0 Å². The Morgan fingerprint density at radius 2 is 2.00 bits per heavy atom. The zero-order chi connectivity index (χ0) is 3.41. The minimum absolute atomic E-state index is 0.540. The average Bonchev–Trinajstić information content (AvgIpc) is 1.37. The van der Waals surface area contributed by atoms with Gasteiger partial charge in [-0.05, 0) is 0 Å². The average molecular weight is 164 g/mol. The van der Waals surface area contributed by atoms with Crippen LogP contribution in [0.2, 0.25) is 0 Å². The normalized spacial score (nSPS) is 9.50. The molecule has 0 aromatic rings. The van der Waals surface area contributed by atoms with Crippen molar-refractivity contribution < 1.29 is 4.39 Å². The van der Waals surface area contributed by atoms with Gasteiger partial charge < -0.3 is 0 Å². The fraction of sp³-hybridized carbons (Fsp3) is 0. The van der Waals surface area contributed by atoms with Gasteiger partial charge in [-0.15, -0.1) is 0 Å². The Labute approximate surface area is 37.8 Å². The Balaban J connectivity index is 2.55. The molecule has 0 bridgehead atoms. The van der Waals surface area contributed by atoms with Crippen LogP contribution in [0.5, 0.6) is 0 Å². The van der Waals surface area contributed by atoms with Crippen LogP contribution in [-0.4, -0.2) is 22.5 Å². The molecule has 0 unspecified atom stereocenters. The van der Waals surface area contributed by atoms with Crippen molar-refractivity contribution >= 4 is 22.5 Å². The van der Waals surface area contributed by atoms with E-state index in [0.717, 1.165) is 22.5 Å². The molecular weight excluding hydrogens is 162 g/mol. The van der Waals surface area contributed by atoms with Gasteiger partial charge in [-0.3, -0.25) is 0 Å². The van der Waals surface area contributed by atoms with Crippen molar-refractivity contribution in [3.63, 3.8) is 0 Å². The van der Waals surface area contributed by atoms with E-state index in [1.165, 1.54) is 4.09 Å². The summed E-state index contributed by atoms with van der Waals surface area (Å²) in [5.74, 6) is 0. The molecule has 2 heteroatoms. The van der Waals surface area contributed by atoms with Crippen LogP contribution >= 0.6 is 0 Å². The van der Waals surface area contributed by atoms with Crippen LogP contribution < -0.4 is 0 Å². The molecule has 21 valence electrons. The second-order valence-corrected chi connectivity index (χ2v) is 1.24. The number of halogens is 1. The molecule has 0 rings (SSSR count). The molecule has 0 saturated heterocycles. The Kier molecular flexibility index (Phi) is 3.88. The predicted octanol–water partition coefficient (Wildman–Crippen LogP) is 0.596. The zero-order valence-electron chi connectivity index (χ0n) is 2.03. The molecule has 0 nitrogen and oxygen atoms in total. The summed E-state index contributed by atoms with van der Waals surface area (Å²) < 4.78 is 12.0. The van der Waals surface area contributed by atoms with E-state index in [1.807, 2.05) is 0 Å². The van der Waals surface area contributed by atoms with Crippen LogP contribution in [0.25, 0.3) is 0 Å². The summed E-state index contributed by atoms with van der Waals surface area (Å²) in [6, 6.07) is 0. The van der Waals surface area contributed by atoms with Gasteiger partial charge in [0.05, 0.1) is 0 Å². The number of hydrogen-bond acceptors (Lipinski definition) is 0. The third-order valence-electron chi connectivity index (χ3n) is 0.0630. The number of rotatable bonds is 0. The van der Waals surface area contributed by atoms with E-state index in [1.54, 1.807) is 0 Å². The van der Waals surface area contributed by atoms with Crippen molar-refractivity contribution in [3.8, 4) is 0 Å². The Morgan fingerprint density at radius 1 is 1.75 bits per heavy atom. The first kappa shape index (κ1) is 4.47. The summed E-state index contributed by atoms with van der Waals surface area (Å²) in [5.41, 5.74) is 0. The van der Waals surface area contributed by atoms with E-state index in [-0.39, 0.29) is 0 Å². The molecule has 0 aromatic heterocycles. The van der Waals surface area contributed by atoms with E-state index in [4.69, 9.17) is 0 Å². The Hall–Kier alpha value is 0.469. The SMILES string of the molecule is FC=[CH][Sn]. The van der Waals surface area contributed by atoms with Gasteiger partial charge in [-0.1, -0.05) is 0 Å². The van der Waals surface area contributed by atoms with E-state index >= 15 is 0 Å². The maximum absolute atomic E-state index is 10.6. The zero-order valence-corrected chi connectivity index (χ0v) is 4.89. The van der Waals surface area contributed by atoms with Crippen LogP contribution in [-0.2, 0) is 0 Å². The van der Waals surface area contributed by atoms with Crippen LogP contribution in [0, 0.1) is 0 Å². The molecule has 0 aliphatic carbocycles. The van der Waals surface area contributed by atoms with Crippen molar-refractivity contribution in [2.24, 2.45) is 0 Å². The van der Waals surface area contributed by atoms with Crippen molar-refractivity contribution in [1.82, 2.24) is 0 Å². The summed E-state index contributed by atoms with van der Waals surface area (Å²) in [7, 11) is 0. The van der Waals surface area contributed by atoms with Crippen LogP contribution in [0.15, 0.2) is 10.4 Å². The molecule has 0 fully saturated rings. The van der Waals surface area contributed by atoms with E-state index in [0.29, 0.717) is 6.33 Å². The van der Waals surface area contributed by atoms with Gasteiger partial charge in [0.2, 0.25) is 0 Å². The topological polar surface area (TPSA) is 0 Å². The van der Waals surface area contributed by atoms with E-state index in [9.17, 15) is 4.39 Å². The standard InChI is InChI=1S/C2H2F.Sn/c1-2-3;/h1-2H;. The van der Waals surface area contributed by atoms with Gasteiger partial charge in [-0.2, -0.15) is 0 Å². The van der Waals surface area contributed by atoms with Crippen LogP contribution in [0.1, 0.15) is 0 Å². The van der Waals surface area contributed by atoms with Gasteiger partial charge in [-0.25, -0.2) is 0 Å². The fourth-order valence-corrected chi connectivity index (χ4v) is 0. The monoisotopic (exact) mass is 165 g/mol. The summed E-state index contributed by atoms with van der Waals surface area (Å²) in [5, 5.41) is 0. The summed E-state index contributed by atoms with van der Waals surface area (Å²) in [4.78, 5) is 0. The molecule has 0 spiro atoms. The van der Waals surface area contributed by atoms with Crippen molar-refractivity contribution in [2.75, 3.05) is 0 Å². The molecule has 0 amide bonds. The van der Waals surface area contributed by atoms with Crippen molar-refractivity contribution in [2.45, 2.75) is 0 Å². The summed E-state index contributed by atoms with van der Waals surface area (Å²) >= 11 is 1.11. The molecule has 0 aliphatic heterocycles. The first-order valence-electron chi connectivity index (χ1n) is 0.840. The maximum atomic E-state index is 10.6. The fourth-order valence-electron chi connectivity index (χ4n) is 0. The first-order chi connectivity index (χ1) is 1.91. The van der Waals surface area contributed by atoms with Gasteiger partial charge >= 0.3 is 37.3 Å². The van der Waals surface area contributed by atoms with Gasteiger partial charge in [0.15, 0.2) is 0 Å². The summed E-state index contributed by atoms with van der Waals surface area (Å²) in [6.45, 7) is 0. The molecule has 0 atom stereocenters. The molecule has 0 heterocycles. The Morgan fingerprint density at radius 3 is 2.00 bits per heavy atom. The van der Waals surface area contributed by atoms with Crippen LogP contribution in [0.4, 0.5) is 4.39 Å². The molecule has 3 radical (unpaired) electrons. The molecule has 0 aromatic carbocycles. The second kappa shape index (κ2) is 3.47. The van der Waals surface area contributed by atoms with Gasteiger partial charge in [0.25, 0.3) is 0 Å². The third kappa shape index (κ3) is 2.47.